The summed E-state index contributed by atoms with van der Waals surface area (Å²) in [6, 6.07) is 10.5. The van der Waals surface area contributed by atoms with Crippen LogP contribution in [-0.2, 0) is 6.54 Å². The number of aromatic nitrogens is 1. The van der Waals surface area contributed by atoms with Crippen LogP contribution in [0.4, 0.5) is 0 Å². The monoisotopic (exact) mass is 269 g/mol. The van der Waals surface area contributed by atoms with Crippen molar-refractivity contribution in [3.05, 3.63) is 35.5 Å². The maximum Gasteiger partial charge on any atom is 0.0459 e. The number of hydrogen-bond acceptors (Lipinski definition) is 2. The van der Waals surface area contributed by atoms with Crippen molar-refractivity contribution >= 4 is 10.9 Å². The highest BCUT2D eigenvalue weighted by Crippen LogP contribution is 2.37. The Hall–Kier alpha value is -1.32. The zero-order valence-electron chi connectivity index (χ0n) is 12.1. The van der Waals surface area contributed by atoms with E-state index in [1.807, 2.05) is 0 Å². The SMILES string of the molecule is Cc1[nH]c2ccccc2c1CN1C2CCC1CC(N)C2. The molecule has 2 fully saturated rings. The van der Waals surface area contributed by atoms with Gasteiger partial charge in [0.1, 0.15) is 0 Å². The van der Waals surface area contributed by atoms with E-state index in [1.165, 1.54) is 47.8 Å². The Balaban J connectivity index is 1.67. The summed E-state index contributed by atoms with van der Waals surface area (Å²) >= 11 is 0. The molecular formula is C17H23N3. The molecule has 1 aromatic carbocycles. The molecule has 3 heteroatoms. The molecule has 3 heterocycles. The van der Waals surface area contributed by atoms with Crippen LogP contribution in [0.3, 0.4) is 0 Å². The van der Waals surface area contributed by atoms with Crippen LogP contribution in [0.5, 0.6) is 0 Å². The number of H-pyrrole nitrogens is 1. The van der Waals surface area contributed by atoms with Crippen molar-refractivity contribution in [3.8, 4) is 0 Å². The first-order valence-electron chi connectivity index (χ1n) is 7.80. The fourth-order valence-electron chi connectivity index (χ4n) is 4.30. The predicted molar refractivity (Wildman–Crippen MR) is 82.6 cm³/mol. The highest BCUT2D eigenvalue weighted by Gasteiger charge is 2.39. The number of para-hydroxylation sites is 1. The average Bonchev–Trinajstić information content (AvgIpc) is 2.86. The normalized spacial score (nSPS) is 30.2. The molecule has 3 N–H and O–H groups in total. The van der Waals surface area contributed by atoms with Gasteiger partial charge in [0.05, 0.1) is 0 Å². The lowest BCUT2D eigenvalue weighted by Gasteiger charge is -2.37. The number of hydrogen-bond donors (Lipinski definition) is 2. The standard InChI is InChI=1S/C17H23N3/c1-11-16(15-4-2-3-5-17(15)19-11)10-20-13-6-7-14(20)9-12(18)8-13/h2-5,12-14,19H,6-10,18H2,1H3. The molecule has 4 rings (SSSR count). The van der Waals surface area contributed by atoms with E-state index in [9.17, 15) is 0 Å². The van der Waals surface area contributed by atoms with Crippen LogP contribution in [0.2, 0.25) is 0 Å². The summed E-state index contributed by atoms with van der Waals surface area (Å²) in [6.45, 7) is 3.28. The number of nitrogens with two attached hydrogens (primary N) is 1. The van der Waals surface area contributed by atoms with Gasteiger partial charge in [-0.05, 0) is 44.2 Å². The molecule has 2 aliphatic heterocycles. The minimum atomic E-state index is 0.424. The van der Waals surface area contributed by atoms with Gasteiger partial charge in [0.2, 0.25) is 0 Å². The maximum absolute atomic E-state index is 6.18. The van der Waals surface area contributed by atoms with Gasteiger partial charge in [-0.3, -0.25) is 4.90 Å². The largest absolute Gasteiger partial charge is 0.358 e. The van der Waals surface area contributed by atoms with Crippen molar-refractivity contribution in [1.29, 1.82) is 0 Å². The Morgan fingerprint density at radius 1 is 1.20 bits per heavy atom. The van der Waals surface area contributed by atoms with E-state index >= 15 is 0 Å². The third-order valence-corrected chi connectivity index (χ3v) is 5.29. The van der Waals surface area contributed by atoms with E-state index in [0.717, 1.165) is 6.54 Å². The molecule has 0 saturated carbocycles. The van der Waals surface area contributed by atoms with Gasteiger partial charge in [-0.1, -0.05) is 18.2 Å². The molecule has 106 valence electrons. The molecule has 2 aliphatic rings. The van der Waals surface area contributed by atoms with Crippen molar-refractivity contribution in [1.82, 2.24) is 9.88 Å². The summed E-state index contributed by atoms with van der Waals surface area (Å²) in [5.41, 5.74) is 10.2. The molecule has 1 aromatic heterocycles. The van der Waals surface area contributed by atoms with Crippen LogP contribution in [-0.4, -0.2) is 28.0 Å². The minimum absolute atomic E-state index is 0.424. The van der Waals surface area contributed by atoms with Crippen LogP contribution in [0, 0.1) is 6.92 Å². The van der Waals surface area contributed by atoms with Gasteiger partial charge in [-0.25, -0.2) is 0 Å². The Morgan fingerprint density at radius 2 is 1.90 bits per heavy atom. The highest BCUT2D eigenvalue weighted by molar-refractivity contribution is 5.84. The summed E-state index contributed by atoms with van der Waals surface area (Å²) in [5, 5.41) is 1.39. The minimum Gasteiger partial charge on any atom is -0.358 e. The molecule has 2 unspecified atom stereocenters. The van der Waals surface area contributed by atoms with Gasteiger partial charge in [-0.2, -0.15) is 0 Å². The third kappa shape index (κ3) is 1.88. The number of rotatable bonds is 2. The topological polar surface area (TPSA) is 45.0 Å². The molecular weight excluding hydrogens is 246 g/mol. The lowest BCUT2D eigenvalue weighted by Crippen LogP contribution is -2.46. The molecule has 0 amide bonds. The lowest BCUT2D eigenvalue weighted by molar-refractivity contribution is 0.120. The second-order valence-electron chi connectivity index (χ2n) is 6.56. The van der Waals surface area contributed by atoms with E-state index in [2.05, 4.69) is 41.1 Å². The Kier molecular flexibility index (Phi) is 2.86. The lowest BCUT2D eigenvalue weighted by atomic mass is 9.97. The number of aryl methyl sites for hydroxylation is 1. The van der Waals surface area contributed by atoms with E-state index in [-0.39, 0.29) is 0 Å². The average molecular weight is 269 g/mol. The van der Waals surface area contributed by atoms with Crippen molar-refractivity contribution in [3.63, 3.8) is 0 Å². The fourth-order valence-corrected chi connectivity index (χ4v) is 4.30. The first-order valence-corrected chi connectivity index (χ1v) is 7.80. The van der Waals surface area contributed by atoms with Crippen LogP contribution in [0.15, 0.2) is 24.3 Å². The molecule has 3 nitrogen and oxygen atoms in total. The Morgan fingerprint density at radius 3 is 2.65 bits per heavy atom. The number of nitrogens with one attached hydrogen (secondary N) is 1. The zero-order chi connectivity index (χ0) is 13.7. The Bertz CT molecular complexity index is 616. The van der Waals surface area contributed by atoms with Gasteiger partial charge >= 0.3 is 0 Å². The van der Waals surface area contributed by atoms with E-state index in [4.69, 9.17) is 5.73 Å². The molecule has 20 heavy (non-hydrogen) atoms. The van der Waals surface area contributed by atoms with Crippen molar-refractivity contribution in [2.75, 3.05) is 0 Å². The summed E-state index contributed by atoms with van der Waals surface area (Å²) in [6.07, 6.45) is 5.02. The van der Waals surface area contributed by atoms with Crippen molar-refractivity contribution in [2.24, 2.45) is 5.73 Å². The van der Waals surface area contributed by atoms with Gasteiger partial charge in [0.25, 0.3) is 0 Å². The van der Waals surface area contributed by atoms with Crippen LogP contribution in [0.25, 0.3) is 10.9 Å². The maximum atomic E-state index is 6.18. The number of benzene rings is 1. The summed E-state index contributed by atoms with van der Waals surface area (Å²) < 4.78 is 0. The number of aromatic amines is 1. The van der Waals surface area contributed by atoms with Crippen LogP contribution >= 0.6 is 0 Å². The predicted octanol–water partition coefficient (Wildman–Crippen LogP) is 2.93. The first-order chi connectivity index (χ1) is 9.72. The second kappa shape index (κ2) is 4.61. The first kappa shape index (κ1) is 12.4. The molecule has 0 radical (unpaired) electrons. The van der Waals surface area contributed by atoms with Gasteiger partial charge in [0.15, 0.2) is 0 Å². The van der Waals surface area contributed by atoms with Crippen LogP contribution in [0.1, 0.15) is 36.9 Å². The molecule has 0 spiro atoms. The molecule has 0 aliphatic carbocycles. The van der Waals surface area contributed by atoms with E-state index in [1.54, 1.807) is 0 Å². The summed E-state index contributed by atoms with van der Waals surface area (Å²) in [7, 11) is 0. The van der Waals surface area contributed by atoms with E-state index < -0.39 is 0 Å². The second-order valence-corrected chi connectivity index (χ2v) is 6.56. The smallest absolute Gasteiger partial charge is 0.0459 e. The molecule has 2 atom stereocenters. The Labute approximate surface area is 120 Å². The quantitative estimate of drug-likeness (QED) is 0.880. The fraction of sp³-hybridized carbons (Fsp3) is 0.529. The molecule has 2 aromatic rings. The van der Waals surface area contributed by atoms with Gasteiger partial charge in [0, 0.05) is 41.3 Å². The number of piperidine rings is 1. The number of nitrogens with zero attached hydrogens (tertiary/aromatic N) is 1. The van der Waals surface area contributed by atoms with Crippen molar-refractivity contribution < 1.29 is 0 Å². The highest BCUT2D eigenvalue weighted by atomic mass is 15.2. The van der Waals surface area contributed by atoms with E-state index in [0.29, 0.717) is 18.1 Å². The van der Waals surface area contributed by atoms with Gasteiger partial charge < -0.3 is 10.7 Å². The van der Waals surface area contributed by atoms with Gasteiger partial charge in [-0.15, -0.1) is 0 Å². The molecule has 2 saturated heterocycles. The number of fused-ring (bicyclic) bond motifs is 3. The summed E-state index contributed by atoms with van der Waals surface area (Å²) in [4.78, 5) is 6.24. The zero-order valence-corrected chi connectivity index (χ0v) is 12.1. The van der Waals surface area contributed by atoms with Crippen molar-refractivity contribution in [2.45, 2.75) is 57.3 Å². The third-order valence-electron chi connectivity index (χ3n) is 5.29. The van der Waals surface area contributed by atoms with Crippen LogP contribution < -0.4 is 5.73 Å². The summed E-state index contributed by atoms with van der Waals surface area (Å²) in [5.74, 6) is 0. The molecule has 2 bridgehead atoms.